The molecule has 1 aliphatic heterocycles. The largest absolute Gasteiger partial charge is 0.294 e. The number of carbonyl (C=O) groups is 1. The van der Waals surface area contributed by atoms with Crippen molar-refractivity contribution in [2.75, 3.05) is 0 Å². The Kier molecular flexibility index (Phi) is 2.64. The Bertz CT molecular complexity index is 612. The van der Waals surface area contributed by atoms with Crippen LogP contribution in [0.1, 0.15) is 6.42 Å². The number of para-hydroxylation sites is 1. The van der Waals surface area contributed by atoms with Crippen LogP contribution in [0.5, 0.6) is 0 Å². The van der Waals surface area contributed by atoms with E-state index in [2.05, 4.69) is 4.99 Å². The second-order valence-electron chi connectivity index (χ2n) is 3.30. The van der Waals surface area contributed by atoms with Crippen LogP contribution in [0.2, 0.25) is 0 Å². The zero-order valence-electron chi connectivity index (χ0n) is 8.36. The van der Waals surface area contributed by atoms with Crippen LogP contribution in [-0.4, -0.2) is 11.8 Å². The summed E-state index contributed by atoms with van der Waals surface area (Å²) in [6.07, 6.45) is 0.0294. The first-order valence-corrected chi connectivity index (χ1v) is 4.68. The molecule has 0 aliphatic carbocycles. The number of allylic oxidation sites excluding steroid dienone is 1. The fourth-order valence-electron chi connectivity index (χ4n) is 1.62. The summed E-state index contributed by atoms with van der Waals surface area (Å²) in [6.45, 7) is 0. The lowest BCUT2D eigenvalue weighted by Gasteiger charge is -1.99. The van der Waals surface area contributed by atoms with Gasteiger partial charge in [-0.3, -0.25) is 10.2 Å². The van der Waals surface area contributed by atoms with E-state index in [4.69, 9.17) is 5.84 Å². The first-order chi connectivity index (χ1) is 7.76. The smallest absolute Gasteiger partial charge is 0.238 e. The monoisotopic (exact) mass is 215 g/mol. The molecule has 0 radical (unpaired) electrons. The van der Waals surface area contributed by atoms with Gasteiger partial charge in [0.05, 0.1) is 11.8 Å². The maximum atomic E-state index is 11.2. The van der Waals surface area contributed by atoms with Crippen molar-refractivity contribution in [2.24, 2.45) is 10.8 Å². The van der Waals surface area contributed by atoms with E-state index in [0.29, 0.717) is 10.9 Å². The third-order valence-corrected chi connectivity index (χ3v) is 2.34. The summed E-state index contributed by atoms with van der Waals surface area (Å²) in [7, 11) is 0. The van der Waals surface area contributed by atoms with Gasteiger partial charge in [0.2, 0.25) is 5.91 Å². The Morgan fingerprint density at radius 1 is 1.44 bits per heavy atom. The number of rotatable bonds is 2. The number of nitrogens with one attached hydrogen (secondary N) is 1. The van der Waals surface area contributed by atoms with Crippen LogP contribution < -0.4 is 21.8 Å². The highest BCUT2D eigenvalue weighted by molar-refractivity contribution is 5.91. The minimum Gasteiger partial charge on any atom is -0.294 e. The van der Waals surface area contributed by atoms with E-state index in [1.54, 1.807) is 12.0 Å². The lowest BCUT2D eigenvalue weighted by atomic mass is 10.1. The van der Waals surface area contributed by atoms with Gasteiger partial charge >= 0.3 is 0 Å². The summed E-state index contributed by atoms with van der Waals surface area (Å²) in [6, 6.07) is 7.22. The van der Waals surface area contributed by atoms with Gasteiger partial charge in [-0.25, -0.2) is 15.6 Å². The second-order valence-corrected chi connectivity index (χ2v) is 3.30. The van der Waals surface area contributed by atoms with E-state index < -0.39 is 0 Å². The van der Waals surface area contributed by atoms with Crippen LogP contribution >= 0.6 is 0 Å². The molecule has 1 aliphatic rings. The van der Waals surface area contributed by atoms with Gasteiger partial charge < -0.3 is 0 Å². The Morgan fingerprint density at radius 2 is 2.19 bits per heavy atom. The molecule has 0 unspecified atom stereocenters. The normalized spacial score (nSPS) is 12.8. The maximum Gasteiger partial charge on any atom is 0.238 e. The molecule has 5 heteroatoms. The molecule has 3 N–H and O–H groups in total. The van der Waals surface area contributed by atoms with Gasteiger partial charge in [0.25, 0.3) is 0 Å². The van der Waals surface area contributed by atoms with Crippen molar-refractivity contribution >= 4 is 17.4 Å². The van der Waals surface area contributed by atoms with Crippen molar-refractivity contribution in [1.29, 1.82) is 0 Å². The number of amides is 1. The van der Waals surface area contributed by atoms with Crippen molar-refractivity contribution in [3.63, 3.8) is 0 Å². The van der Waals surface area contributed by atoms with Crippen LogP contribution in [0.25, 0.3) is 5.57 Å². The summed E-state index contributed by atoms with van der Waals surface area (Å²) in [4.78, 5) is 26.0. The number of hydrazine groups is 1. The predicted molar refractivity (Wildman–Crippen MR) is 56.8 cm³/mol. The summed E-state index contributed by atoms with van der Waals surface area (Å²) >= 11 is 0. The molecular formula is C11H9N3O2. The van der Waals surface area contributed by atoms with Gasteiger partial charge in [-0.1, -0.05) is 18.2 Å². The highest BCUT2D eigenvalue weighted by Crippen LogP contribution is 2.14. The molecular weight excluding hydrogens is 206 g/mol. The fraction of sp³-hybridized carbons (Fsp3) is 0.0909. The number of carbonyl (C=O) groups excluding carboxylic acids is 2. The summed E-state index contributed by atoms with van der Waals surface area (Å²) in [5, 5.41) is 1.46. The third kappa shape index (κ3) is 1.65. The van der Waals surface area contributed by atoms with Crippen LogP contribution in [0.3, 0.4) is 0 Å². The minimum atomic E-state index is -0.366. The Labute approximate surface area is 90.9 Å². The molecule has 1 amide bonds. The Morgan fingerprint density at radius 3 is 2.88 bits per heavy atom. The lowest BCUT2D eigenvalue weighted by molar-refractivity contribution is -0.120. The summed E-state index contributed by atoms with van der Waals surface area (Å²) in [5.41, 5.74) is 2.76. The molecule has 1 aromatic carbocycles. The number of fused-ring (bicyclic) bond motifs is 1. The quantitative estimate of drug-likeness (QED) is 0.274. The molecule has 5 nitrogen and oxygen atoms in total. The van der Waals surface area contributed by atoms with E-state index >= 15 is 0 Å². The van der Waals surface area contributed by atoms with E-state index in [1.807, 2.05) is 23.6 Å². The Hall–Kier alpha value is -2.23. The van der Waals surface area contributed by atoms with Crippen molar-refractivity contribution in [1.82, 2.24) is 5.43 Å². The number of hydrogen-bond acceptors (Lipinski definition) is 4. The number of nitrogens with zero attached hydrogens (tertiary/aromatic N) is 1. The highest BCUT2D eigenvalue weighted by atomic mass is 16.2. The molecule has 80 valence electrons. The van der Waals surface area contributed by atoms with Crippen LogP contribution in [0.4, 0.5) is 0 Å². The van der Waals surface area contributed by atoms with Gasteiger partial charge in [0.15, 0.2) is 11.6 Å². The standard InChI is InChI=1S/C11H9N3O2/c12-14-11(16)5-8-7-3-1-2-4-9(7)13-10(8)6-15/h1-4H,5,12H2,(H,14,16). The van der Waals surface area contributed by atoms with Gasteiger partial charge in [-0.15, -0.1) is 0 Å². The zero-order chi connectivity index (χ0) is 11.5. The van der Waals surface area contributed by atoms with Crippen LogP contribution in [-0.2, 0) is 9.59 Å². The Balaban J connectivity index is 2.61. The topological polar surface area (TPSA) is 84.5 Å². The molecule has 0 fully saturated rings. The molecule has 0 aromatic heterocycles. The molecule has 0 spiro atoms. The third-order valence-electron chi connectivity index (χ3n) is 2.34. The molecule has 1 aromatic rings. The summed E-state index contributed by atoms with van der Waals surface area (Å²) in [5.74, 6) is 6.37. The van der Waals surface area contributed by atoms with Gasteiger partial charge in [0.1, 0.15) is 0 Å². The first kappa shape index (κ1) is 10.3. The molecule has 1 heterocycles. The average Bonchev–Trinajstić information content (AvgIpc) is 2.67. The molecule has 2 rings (SSSR count). The van der Waals surface area contributed by atoms with Crippen molar-refractivity contribution in [2.45, 2.75) is 6.42 Å². The van der Waals surface area contributed by atoms with E-state index in [9.17, 15) is 9.59 Å². The SMILES string of the molecule is NNC(=O)CC1=c2ccccc2=NC1=C=O. The number of benzene rings is 1. The second kappa shape index (κ2) is 4.10. The number of hydrogen-bond donors (Lipinski definition) is 2. The van der Waals surface area contributed by atoms with Gasteiger partial charge in [0, 0.05) is 10.8 Å². The molecule has 0 saturated heterocycles. The van der Waals surface area contributed by atoms with Gasteiger partial charge in [-0.2, -0.15) is 0 Å². The molecule has 16 heavy (non-hydrogen) atoms. The van der Waals surface area contributed by atoms with Crippen molar-refractivity contribution < 1.29 is 9.59 Å². The van der Waals surface area contributed by atoms with Crippen LogP contribution in [0.15, 0.2) is 35.0 Å². The molecule has 0 atom stereocenters. The van der Waals surface area contributed by atoms with E-state index in [-0.39, 0.29) is 18.0 Å². The highest BCUT2D eigenvalue weighted by Gasteiger charge is 2.16. The van der Waals surface area contributed by atoms with Crippen molar-refractivity contribution in [3.8, 4) is 0 Å². The lowest BCUT2D eigenvalue weighted by Crippen LogP contribution is -2.31. The van der Waals surface area contributed by atoms with E-state index in [1.165, 1.54) is 0 Å². The van der Waals surface area contributed by atoms with Gasteiger partial charge in [-0.05, 0) is 6.07 Å². The maximum absolute atomic E-state index is 11.2. The average molecular weight is 215 g/mol. The predicted octanol–water partition coefficient (Wildman–Crippen LogP) is -1.43. The van der Waals surface area contributed by atoms with E-state index in [0.717, 1.165) is 5.22 Å². The molecule has 0 bridgehead atoms. The molecule has 0 saturated carbocycles. The minimum absolute atomic E-state index is 0.0294. The zero-order valence-corrected chi connectivity index (χ0v) is 8.36. The first-order valence-electron chi connectivity index (χ1n) is 4.68. The van der Waals surface area contributed by atoms with Crippen LogP contribution in [0, 0.1) is 0 Å². The fourth-order valence-corrected chi connectivity index (χ4v) is 1.62. The summed E-state index contributed by atoms with van der Waals surface area (Å²) < 4.78 is 0. The van der Waals surface area contributed by atoms with Crippen molar-refractivity contribution in [3.05, 3.63) is 40.5 Å². The number of nitrogens with two attached hydrogens (primary N) is 1.